The van der Waals surface area contributed by atoms with Gasteiger partial charge in [-0.1, -0.05) is 47.5 Å². The van der Waals surface area contributed by atoms with Crippen LogP contribution in [0.15, 0.2) is 52.9 Å². The van der Waals surface area contributed by atoms with Crippen LogP contribution < -0.4 is 0 Å². The highest BCUT2D eigenvalue weighted by molar-refractivity contribution is 5.54. The van der Waals surface area contributed by atoms with E-state index in [4.69, 9.17) is 4.42 Å². The Balaban J connectivity index is 1.57. The number of nitrogens with zero attached hydrogens (tertiary/aromatic N) is 6. The molecule has 0 aliphatic carbocycles. The third-order valence-electron chi connectivity index (χ3n) is 4.18. The average molecular weight is 346 g/mol. The summed E-state index contributed by atoms with van der Waals surface area (Å²) in [6.45, 7) is 5.97. The van der Waals surface area contributed by atoms with E-state index in [9.17, 15) is 0 Å². The van der Waals surface area contributed by atoms with Crippen molar-refractivity contribution in [2.24, 2.45) is 0 Å². The second-order valence-corrected chi connectivity index (χ2v) is 6.29. The van der Waals surface area contributed by atoms with Crippen LogP contribution in [0.3, 0.4) is 0 Å². The molecule has 0 amide bonds. The lowest BCUT2D eigenvalue weighted by molar-refractivity contribution is 0.382. The van der Waals surface area contributed by atoms with Crippen molar-refractivity contribution in [1.82, 2.24) is 30.4 Å². The van der Waals surface area contributed by atoms with Gasteiger partial charge < -0.3 is 4.42 Å². The number of benzene rings is 2. The van der Waals surface area contributed by atoms with Crippen molar-refractivity contribution in [2.45, 2.75) is 26.8 Å². The summed E-state index contributed by atoms with van der Waals surface area (Å²) < 4.78 is 5.81. The van der Waals surface area contributed by atoms with Gasteiger partial charge in [-0.2, -0.15) is 4.80 Å². The molecule has 0 aliphatic rings. The van der Waals surface area contributed by atoms with Gasteiger partial charge in [-0.3, -0.25) is 0 Å². The van der Waals surface area contributed by atoms with Gasteiger partial charge in [0.05, 0.1) is 0 Å². The van der Waals surface area contributed by atoms with Gasteiger partial charge in [0.1, 0.15) is 6.04 Å². The molecule has 0 spiro atoms. The summed E-state index contributed by atoms with van der Waals surface area (Å²) in [4.78, 5) is 1.49. The zero-order valence-corrected chi connectivity index (χ0v) is 14.8. The van der Waals surface area contributed by atoms with Gasteiger partial charge in [0, 0.05) is 11.1 Å². The fourth-order valence-electron chi connectivity index (χ4n) is 2.52. The maximum Gasteiger partial charge on any atom is 0.247 e. The van der Waals surface area contributed by atoms with Gasteiger partial charge in [-0.15, -0.1) is 20.4 Å². The van der Waals surface area contributed by atoms with Crippen molar-refractivity contribution in [1.29, 1.82) is 0 Å². The van der Waals surface area contributed by atoms with Crippen molar-refractivity contribution < 1.29 is 4.42 Å². The molecular weight excluding hydrogens is 328 g/mol. The number of hydrogen-bond donors (Lipinski definition) is 0. The Morgan fingerprint density at radius 3 is 2.08 bits per heavy atom. The molecule has 0 unspecified atom stereocenters. The Labute approximate surface area is 150 Å². The molecule has 2 heterocycles. The van der Waals surface area contributed by atoms with Crippen LogP contribution in [0.5, 0.6) is 0 Å². The molecule has 2 aromatic carbocycles. The lowest BCUT2D eigenvalue weighted by atomic mass is 10.1. The third kappa shape index (κ3) is 3.11. The van der Waals surface area contributed by atoms with E-state index in [1.54, 1.807) is 0 Å². The van der Waals surface area contributed by atoms with E-state index in [-0.39, 0.29) is 6.04 Å². The normalized spacial score (nSPS) is 12.3. The van der Waals surface area contributed by atoms with Gasteiger partial charge in [0.2, 0.25) is 17.6 Å². The van der Waals surface area contributed by atoms with Crippen molar-refractivity contribution in [3.63, 3.8) is 0 Å². The van der Waals surface area contributed by atoms with Gasteiger partial charge in [0.25, 0.3) is 0 Å². The van der Waals surface area contributed by atoms with Crippen LogP contribution in [0, 0.1) is 13.8 Å². The number of tetrazole rings is 1. The van der Waals surface area contributed by atoms with E-state index >= 15 is 0 Å². The molecule has 0 saturated carbocycles. The van der Waals surface area contributed by atoms with Gasteiger partial charge >= 0.3 is 0 Å². The Kier molecular flexibility index (Phi) is 4.04. The van der Waals surface area contributed by atoms with E-state index in [0.29, 0.717) is 17.6 Å². The molecule has 0 N–H and O–H groups in total. The fourth-order valence-corrected chi connectivity index (χ4v) is 2.52. The molecule has 0 fully saturated rings. The van der Waals surface area contributed by atoms with Crippen LogP contribution in [0.1, 0.15) is 30.0 Å². The molecule has 130 valence electrons. The van der Waals surface area contributed by atoms with E-state index in [1.165, 1.54) is 15.9 Å². The third-order valence-corrected chi connectivity index (χ3v) is 4.18. The molecule has 0 bridgehead atoms. The summed E-state index contributed by atoms with van der Waals surface area (Å²) >= 11 is 0. The Morgan fingerprint density at radius 1 is 0.808 bits per heavy atom. The number of hydrogen-bond acceptors (Lipinski definition) is 6. The topological polar surface area (TPSA) is 82.5 Å². The molecular formula is C19H18N6O. The average Bonchev–Trinajstić information content (AvgIpc) is 3.32. The standard InChI is InChI=1S/C19H18N6O/c1-12-4-8-15(9-5-12)17-20-24-25(23-17)14(3)18-21-22-19(26-18)16-10-6-13(2)7-11-16/h4-11,14H,1-3H3/t14-/m1/s1. The largest absolute Gasteiger partial charge is 0.418 e. The minimum absolute atomic E-state index is 0.312. The lowest BCUT2D eigenvalue weighted by Gasteiger charge is -2.03. The van der Waals surface area contributed by atoms with Crippen LogP contribution >= 0.6 is 0 Å². The minimum atomic E-state index is -0.312. The first-order chi connectivity index (χ1) is 12.6. The highest BCUT2D eigenvalue weighted by Crippen LogP contribution is 2.23. The SMILES string of the molecule is Cc1ccc(-c2nnn([C@H](C)c3nnc(-c4ccc(C)cc4)o3)n2)cc1. The van der Waals surface area contributed by atoms with E-state index in [2.05, 4.69) is 25.6 Å². The monoisotopic (exact) mass is 346 g/mol. The van der Waals surface area contributed by atoms with E-state index in [1.807, 2.05) is 69.3 Å². The second kappa shape index (κ2) is 6.51. The highest BCUT2D eigenvalue weighted by Gasteiger charge is 2.20. The summed E-state index contributed by atoms with van der Waals surface area (Å²) in [5, 5.41) is 21.0. The maximum absolute atomic E-state index is 5.81. The molecule has 4 rings (SSSR count). The predicted octanol–water partition coefficient (Wildman–Crippen LogP) is 3.62. The van der Waals surface area contributed by atoms with Crippen LogP contribution in [-0.4, -0.2) is 30.4 Å². The van der Waals surface area contributed by atoms with Crippen molar-refractivity contribution in [2.75, 3.05) is 0 Å². The summed E-state index contributed by atoms with van der Waals surface area (Å²) in [6, 6.07) is 15.6. The number of rotatable bonds is 4. The molecule has 7 heteroatoms. The number of aryl methyl sites for hydroxylation is 2. The summed E-state index contributed by atoms with van der Waals surface area (Å²) in [5.74, 6) is 1.48. The lowest BCUT2D eigenvalue weighted by Crippen LogP contribution is -2.11. The Bertz CT molecular complexity index is 933. The van der Waals surface area contributed by atoms with E-state index in [0.717, 1.165) is 11.1 Å². The summed E-state index contributed by atoms with van der Waals surface area (Å²) in [6.07, 6.45) is 0. The van der Waals surface area contributed by atoms with Crippen molar-refractivity contribution in [3.05, 3.63) is 65.5 Å². The molecule has 1 atom stereocenters. The van der Waals surface area contributed by atoms with Crippen LogP contribution in [0.4, 0.5) is 0 Å². The molecule has 26 heavy (non-hydrogen) atoms. The molecule has 0 aliphatic heterocycles. The smallest absolute Gasteiger partial charge is 0.247 e. The zero-order chi connectivity index (χ0) is 18.1. The van der Waals surface area contributed by atoms with Crippen molar-refractivity contribution in [3.8, 4) is 22.8 Å². The summed E-state index contributed by atoms with van der Waals surface area (Å²) in [7, 11) is 0. The maximum atomic E-state index is 5.81. The fraction of sp³-hybridized carbons (Fsp3) is 0.211. The first kappa shape index (κ1) is 16.1. The Hall–Kier alpha value is -3.35. The highest BCUT2D eigenvalue weighted by atomic mass is 16.4. The molecule has 7 nitrogen and oxygen atoms in total. The Morgan fingerprint density at radius 2 is 1.42 bits per heavy atom. The first-order valence-electron chi connectivity index (χ1n) is 8.37. The molecule has 4 aromatic rings. The zero-order valence-electron chi connectivity index (χ0n) is 14.8. The van der Waals surface area contributed by atoms with E-state index < -0.39 is 0 Å². The van der Waals surface area contributed by atoms with Gasteiger partial charge in [0.15, 0.2) is 0 Å². The predicted molar refractivity (Wildman–Crippen MR) is 96.3 cm³/mol. The minimum Gasteiger partial charge on any atom is -0.418 e. The molecule has 2 aromatic heterocycles. The van der Waals surface area contributed by atoms with Gasteiger partial charge in [-0.05, 0) is 38.1 Å². The van der Waals surface area contributed by atoms with Crippen LogP contribution in [0.2, 0.25) is 0 Å². The van der Waals surface area contributed by atoms with Crippen molar-refractivity contribution >= 4 is 0 Å². The molecule has 0 saturated heterocycles. The van der Waals surface area contributed by atoms with Crippen LogP contribution in [0.25, 0.3) is 22.8 Å². The van der Waals surface area contributed by atoms with Gasteiger partial charge in [-0.25, -0.2) is 0 Å². The first-order valence-corrected chi connectivity index (χ1v) is 8.37. The molecule has 0 radical (unpaired) electrons. The summed E-state index contributed by atoms with van der Waals surface area (Å²) in [5.41, 5.74) is 4.16. The second-order valence-electron chi connectivity index (χ2n) is 6.29. The van der Waals surface area contributed by atoms with Crippen LogP contribution in [-0.2, 0) is 0 Å². The number of aromatic nitrogens is 6. The quantitative estimate of drug-likeness (QED) is 0.561.